The van der Waals surface area contributed by atoms with E-state index in [1.165, 1.54) is 18.5 Å². The number of amides is 1. The minimum atomic E-state index is -0.690. The van der Waals surface area contributed by atoms with Gasteiger partial charge >= 0.3 is 0 Å². The molecule has 0 unspecified atom stereocenters. The Balaban J connectivity index is 1.08. The van der Waals surface area contributed by atoms with Gasteiger partial charge in [0.05, 0.1) is 31.4 Å². The predicted molar refractivity (Wildman–Crippen MR) is 160 cm³/mol. The van der Waals surface area contributed by atoms with Gasteiger partial charge in [-0.2, -0.15) is 10.2 Å². The fraction of sp³-hybridized carbons (Fsp3) is 0.452. The third-order valence-corrected chi connectivity index (χ3v) is 8.34. The first kappa shape index (κ1) is 29.7. The third kappa shape index (κ3) is 6.72. The van der Waals surface area contributed by atoms with Crippen molar-refractivity contribution < 1.29 is 23.8 Å². The summed E-state index contributed by atoms with van der Waals surface area (Å²) >= 11 is 0. The Morgan fingerprint density at radius 2 is 1.84 bits per heavy atom. The number of halogens is 1. The number of aliphatic hydroxyl groups is 1. The number of hydrogen-bond donors (Lipinski definition) is 2. The van der Waals surface area contributed by atoms with E-state index in [-0.39, 0.29) is 42.2 Å². The molecule has 0 radical (unpaired) electrons. The molecule has 2 N–H and O–H groups in total. The van der Waals surface area contributed by atoms with Crippen LogP contribution in [-0.4, -0.2) is 107 Å². The number of piperazine rings is 1. The number of benzene rings is 2. The minimum absolute atomic E-state index is 0.0335. The first-order chi connectivity index (χ1) is 21.5. The van der Waals surface area contributed by atoms with Crippen molar-refractivity contribution in [2.45, 2.75) is 31.4 Å². The molecule has 44 heavy (non-hydrogen) atoms. The van der Waals surface area contributed by atoms with Crippen molar-refractivity contribution in [1.29, 1.82) is 5.26 Å². The van der Waals surface area contributed by atoms with Gasteiger partial charge in [-0.1, -0.05) is 0 Å². The van der Waals surface area contributed by atoms with Crippen LogP contribution in [0.2, 0.25) is 0 Å². The van der Waals surface area contributed by atoms with E-state index >= 15 is 4.39 Å². The van der Waals surface area contributed by atoms with Crippen LogP contribution < -0.4 is 15.0 Å². The standard InChI is InChI=1S/C31H35FN8O4/c32-27-16-21(15-22(17-33)29(27)44-26-5-8-40(9-6-26)28(42)7-14-41)30-34-20-35-31(37-30)36-23-1-3-24(4-2-23)38-10-12-39(13-11-38)25-18-43-19-25/h1-4,15-16,20,25-26,41H,5-14,18-19H2,(H,34,35,36,37). The Bertz CT molecular complexity index is 1500. The van der Waals surface area contributed by atoms with Gasteiger partial charge < -0.3 is 29.7 Å². The average Bonchev–Trinajstić information content (AvgIpc) is 3.02. The summed E-state index contributed by atoms with van der Waals surface area (Å²) in [6.07, 6.45) is 2.08. The van der Waals surface area contributed by atoms with E-state index in [4.69, 9.17) is 14.6 Å². The van der Waals surface area contributed by atoms with Crippen LogP contribution in [0.25, 0.3) is 11.4 Å². The normalized spacial score (nSPS) is 18.0. The molecule has 0 aliphatic carbocycles. The minimum Gasteiger partial charge on any atom is -0.486 e. The maximum absolute atomic E-state index is 15.3. The van der Waals surface area contributed by atoms with Crippen LogP contribution in [0.1, 0.15) is 24.8 Å². The van der Waals surface area contributed by atoms with Crippen LogP contribution in [0.4, 0.5) is 21.7 Å². The van der Waals surface area contributed by atoms with Crippen LogP contribution in [0, 0.1) is 17.1 Å². The topological polar surface area (TPSA) is 140 Å². The summed E-state index contributed by atoms with van der Waals surface area (Å²) in [5.74, 6) is -0.424. The fourth-order valence-electron chi connectivity index (χ4n) is 5.73. The fourth-order valence-corrected chi connectivity index (χ4v) is 5.73. The number of carbonyl (C=O) groups excluding carboxylic acids is 1. The highest BCUT2D eigenvalue weighted by Gasteiger charge is 2.29. The number of ether oxygens (including phenoxy) is 2. The number of piperidine rings is 1. The number of nitriles is 1. The molecular formula is C31H35FN8O4. The molecule has 1 amide bonds. The van der Waals surface area contributed by atoms with E-state index in [9.17, 15) is 10.1 Å². The van der Waals surface area contributed by atoms with Gasteiger partial charge in [0.1, 0.15) is 18.5 Å². The Kier molecular flexibility index (Phi) is 9.11. The van der Waals surface area contributed by atoms with Crippen LogP contribution in [0.3, 0.4) is 0 Å². The number of nitrogens with zero attached hydrogens (tertiary/aromatic N) is 7. The number of carbonyl (C=O) groups is 1. The summed E-state index contributed by atoms with van der Waals surface area (Å²) in [6, 6.07) is 13.4. The second-order valence-electron chi connectivity index (χ2n) is 11.1. The molecule has 3 saturated heterocycles. The molecule has 13 heteroatoms. The molecule has 0 spiro atoms. The van der Waals surface area contributed by atoms with E-state index in [0.717, 1.165) is 50.8 Å². The number of nitrogens with one attached hydrogen (secondary N) is 1. The Morgan fingerprint density at radius 3 is 2.50 bits per heavy atom. The first-order valence-electron chi connectivity index (χ1n) is 14.9. The van der Waals surface area contributed by atoms with Crippen LogP contribution in [0.5, 0.6) is 5.75 Å². The second kappa shape index (κ2) is 13.5. The summed E-state index contributed by atoms with van der Waals surface area (Å²) in [7, 11) is 0. The lowest BCUT2D eigenvalue weighted by Crippen LogP contribution is -2.56. The Labute approximate surface area is 255 Å². The summed E-state index contributed by atoms with van der Waals surface area (Å²) in [5, 5.41) is 22.0. The summed E-state index contributed by atoms with van der Waals surface area (Å²) in [5.41, 5.74) is 2.31. The smallest absolute Gasteiger partial charge is 0.230 e. The maximum Gasteiger partial charge on any atom is 0.230 e. The van der Waals surface area contributed by atoms with Crippen LogP contribution in [0.15, 0.2) is 42.7 Å². The van der Waals surface area contributed by atoms with Crippen molar-refractivity contribution in [3.63, 3.8) is 0 Å². The van der Waals surface area contributed by atoms with Gasteiger partial charge in [-0.15, -0.1) is 0 Å². The van der Waals surface area contributed by atoms with E-state index in [1.54, 1.807) is 4.90 Å². The predicted octanol–water partition coefficient (Wildman–Crippen LogP) is 2.57. The number of likely N-dealkylation sites (tertiary alicyclic amines) is 1. The van der Waals surface area contributed by atoms with E-state index in [0.29, 0.717) is 43.5 Å². The number of aromatic nitrogens is 3. The van der Waals surface area contributed by atoms with Crippen LogP contribution in [-0.2, 0) is 9.53 Å². The summed E-state index contributed by atoms with van der Waals surface area (Å²) < 4.78 is 26.5. The molecule has 12 nitrogen and oxygen atoms in total. The van der Waals surface area contributed by atoms with Gasteiger partial charge in [0.25, 0.3) is 0 Å². The monoisotopic (exact) mass is 602 g/mol. The van der Waals surface area contributed by atoms with E-state index < -0.39 is 5.82 Å². The molecule has 1 aromatic heterocycles. The zero-order valence-corrected chi connectivity index (χ0v) is 24.4. The Hall–Kier alpha value is -4.38. The van der Waals surface area contributed by atoms with Gasteiger partial charge in [0.2, 0.25) is 11.9 Å². The van der Waals surface area contributed by atoms with Crippen molar-refractivity contribution in [2.24, 2.45) is 0 Å². The molecule has 2 aromatic carbocycles. The van der Waals surface area contributed by atoms with Crippen LogP contribution >= 0.6 is 0 Å². The van der Waals surface area contributed by atoms with E-state index in [2.05, 4.69) is 42.2 Å². The van der Waals surface area contributed by atoms with Crippen molar-refractivity contribution >= 4 is 23.2 Å². The summed E-state index contributed by atoms with van der Waals surface area (Å²) in [6.45, 7) is 6.36. The summed E-state index contributed by atoms with van der Waals surface area (Å²) in [4.78, 5) is 31.4. The number of aliphatic hydroxyl groups excluding tert-OH is 1. The van der Waals surface area contributed by atoms with Crippen molar-refractivity contribution in [3.8, 4) is 23.2 Å². The van der Waals surface area contributed by atoms with Gasteiger partial charge in [0, 0.05) is 75.5 Å². The van der Waals surface area contributed by atoms with Crippen molar-refractivity contribution in [3.05, 3.63) is 54.1 Å². The lowest BCUT2D eigenvalue weighted by Gasteiger charge is -2.43. The lowest BCUT2D eigenvalue weighted by molar-refractivity contribution is -0.133. The van der Waals surface area contributed by atoms with Gasteiger partial charge in [0.15, 0.2) is 17.4 Å². The molecular weight excluding hydrogens is 567 g/mol. The van der Waals surface area contributed by atoms with Gasteiger partial charge in [-0.25, -0.2) is 14.4 Å². The first-order valence-corrected chi connectivity index (χ1v) is 14.9. The average molecular weight is 603 g/mol. The zero-order valence-electron chi connectivity index (χ0n) is 24.4. The number of rotatable bonds is 9. The second-order valence-corrected chi connectivity index (χ2v) is 11.1. The molecule has 3 aliphatic heterocycles. The lowest BCUT2D eigenvalue weighted by atomic mass is 10.1. The molecule has 6 rings (SSSR count). The maximum atomic E-state index is 15.3. The molecule has 3 fully saturated rings. The highest BCUT2D eigenvalue weighted by molar-refractivity contribution is 5.76. The number of hydrogen-bond acceptors (Lipinski definition) is 11. The SMILES string of the molecule is N#Cc1cc(-c2ncnc(Nc3ccc(N4CCN(C5COC5)CC4)cc3)n2)cc(F)c1OC1CCN(C(=O)CCO)CC1. The Morgan fingerprint density at radius 1 is 1.09 bits per heavy atom. The molecule has 0 bridgehead atoms. The highest BCUT2D eigenvalue weighted by Crippen LogP contribution is 2.31. The largest absolute Gasteiger partial charge is 0.486 e. The number of anilines is 3. The van der Waals surface area contributed by atoms with Crippen molar-refractivity contribution in [1.82, 2.24) is 24.8 Å². The van der Waals surface area contributed by atoms with Gasteiger partial charge in [-0.05, 0) is 36.4 Å². The third-order valence-electron chi connectivity index (χ3n) is 8.34. The molecule has 0 saturated carbocycles. The molecule has 4 heterocycles. The molecule has 3 aliphatic rings. The van der Waals surface area contributed by atoms with Crippen molar-refractivity contribution in [2.75, 3.05) is 69.3 Å². The molecule has 230 valence electrons. The highest BCUT2D eigenvalue weighted by atomic mass is 19.1. The van der Waals surface area contributed by atoms with Gasteiger partial charge in [-0.3, -0.25) is 9.69 Å². The zero-order chi connectivity index (χ0) is 30.5. The molecule has 0 atom stereocenters. The molecule has 3 aromatic rings. The quantitative estimate of drug-likeness (QED) is 0.374. The van der Waals surface area contributed by atoms with E-state index in [1.807, 2.05) is 18.2 Å².